The maximum Gasteiger partial charge on any atom is 0.270 e. The van der Waals surface area contributed by atoms with Crippen molar-refractivity contribution in [3.05, 3.63) is 71.9 Å². The topological polar surface area (TPSA) is 82.3 Å². The first-order valence-electron chi connectivity index (χ1n) is 10.3. The number of amides is 1. The molecule has 1 aliphatic heterocycles. The Labute approximate surface area is 177 Å². The summed E-state index contributed by atoms with van der Waals surface area (Å²) < 4.78 is 25.2. The van der Waals surface area contributed by atoms with Gasteiger partial charge in [0, 0.05) is 36.1 Å². The molecule has 2 heterocycles. The summed E-state index contributed by atoms with van der Waals surface area (Å²) in [5.74, 6) is -0.0391. The number of nitrogens with one attached hydrogen (secondary N) is 2. The molecule has 1 aliphatic rings. The van der Waals surface area contributed by atoms with E-state index in [1.807, 2.05) is 67.6 Å². The van der Waals surface area contributed by atoms with Gasteiger partial charge in [-0.25, -0.2) is 8.42 Å². The minimum absolute atomic E-state index is 0.0102. The molecule has 2 unspecified atom stereocenters. The van der Waals surface area contributed by atoms with Gasteiger partial charge in [0.2, 0.25) is 0 Å². The predicted octanol–water partition coefficient (Wildman–Crippen LogP) is 2.98. The van der Waals surface area contributed by atoms with Crippen molar-refractivity contribution in [2.24, 2.45) is 0 Å². The van der Waals surface area contributed by atoms with Gasteiger partial charge < -0.3 is 15.2 Å². The van der Waals surface area contributed by atoms with Crippen molar-refractivity contribution in [2.75, 3.05) is 18.1 Å². The summed E-state index contributed by atoms with van der Waals surface area (Å²) in [7, 11) is -3.25. The number of carbonyl (C=O) groups is 1. The minimum Gasteiger partial charge on any atom is -0.351 e. The standard InChI is InChI=1S/C23H27N3O3S/c1-2-26(23(27)22-12-18-10-6-7-11-21(18)25-22)20-13-19(15-30(28,29)16-20)24-14-17-8-4-3-5-9-17/h3-12,19-20,24-25H,2,13-16H2,1H3. The van der Waals surface area contributed by atoms with Crippen LogP contribution in [0, 0.1) is 0 Å². The van der Waals surface area contributed by atoms with Gasteiger partial charge in [-0.2, -0.15) is 0 Å². The van der Waals surface area contributed by atoms with Crippen LogP contribution in [0.15, 0.2) is 60.7 Å². The number of fused-ring (bicyclic) bond motifs is 1. The third kappa shape index (κ3) is 4.57. The van der Waals surface area contributed by atoms with Crippen molar-refractivity contribution in [1.29, 1.82) is 0 Å². The quantitative estimate of drug-likeness (QED) is 0.636. The molecule has 0 saturated carbocycles. The molecule has 2 aromatic carbocycles. The Hall–Kier alpha value is -2.64. The third-order valence-electron chi connectivity index (χ3n) is 5.70. The Morgan fingerprint density at radius 3 is 2.57 bits per heavy atom. The summed E-state index contributed by atoms with van der Waals surface area (Å²) in [5.41, 5.74) is 2.50. The summed E-state index contributed by atoms with van der Waals surface area (Å²) >= 11 is 0. The van der Waals surface area contributed by atoms with Crippen LogP contribution in [0.5, 0.6) is 0 Å². The lowest BCUT2D eigenvalue weighted by Crippen LogP contribution is -2.53. The van der Waals surface area contributed by atoms with E-state index in [0.717, 1.165) is 16.5 Å². The summed E-state index contributed by atoms with van der Waals surface area (Å²) in [4.78, 5) is 18.1. The zero-order valence-electron chi connectivity index (χ0n) is 17.0. The van der Waals surface area contributed by atoms with Crippen molar-refractivity contribution in [2.45, 2.75) is 32.0 Å². The van der Waals surface area contributed by atoms with Crippen LogP contribution in [0.1, 0.15) is 29.4 Å². The number of benzene rings is 2. The van der Waals surface area contributed by atoms with Crippen molar-refractivity contribution in [3.63, 3.8) is 0 Å². The lowest BCUT2D eigenvalue weighted by Gasteiger charge is -2.37. The molecule has 158 valence electrons. The van der Waals surface area contributed by atoms with Crippen LogP contribution in [0.3, 0.4) is 0 Å². The second-order valence-corrected chi connectivity index (χ2v) is 10.0. The first-order valence-corrected chi connectivity index (χ1v) is 12.1. The number of para-hydroxylation sites is 1. The van der Waals surface area contributed by atoms with Crippen LogP contribution in [-0.4, -0.2) is 54.3 Å². The number of hydrogen-bond acceptors (Lipinski definition) is 4. The zero-order valence-corrected chi connectivity index (χ0v) is 17.9. The fraction of sp³-hybridized carbons (Fsp3) is 0.348. The van der Waals surface area contributed by atoms with E-state index in [2.05, 4.69) is 10.3 Å². The fourth-order valence-electron chi connectivity index (χ4n) is 4.26. The maximum absolute atomic E-state index is 13.2. The van der Waals surface area contributed by atoms with Crippen LogP contribution in [-0.2, 0) is 16.4 Å². The van der Waals surface area contributed by atoms with Crippen molar-refractivity contribution < 1.29 is 13.2 Å². The first kappa shape index (κ1) is 20.6. The van der Waals surface area contributed by atoms with Gasteiger partial charge in [0.15, 0.2) is 9.84 Å². The molecule has 3 aromatic rings. The van der Waals surface area contributed by atoms with E-state index >= 15 is 0 Å². The molecule has 30 heavy (non-hydrogen) atoms. The number of hydrogen-bond donors (Lipinski definition) is 2. The molecule has 2 atom stereocenters. The average molecular weight is 426 g/mol. The Morgan fingerprint density at radius 2 is 1.83 bits per heavy atom. The Bertz CT molecular complexity index is 1090. The van der Waals surface area contributed by atoms with Gasteiger partial charge in [-0.1, -0.05) is 48.5 Å². The highest BCUT2D eigenvalue weighted by Gasteiger charge is 2.36. The SMILES string of the molecule is CCN(C(=O)c1cc2ccccc2[nH]1)C1CC(NCc2ccccc2)CS(=O)(=O)C1. The number of sulfone groups is 1. The van der Waals surface area contributed by atoms with E-state index in [9.17, 15) is 13.2 Å². The van der Waals surface area contributed by atoms with Crippen molar-refractivity contribution in [3.8, 4) is 0 Å². The number of rotatable bonds is 6. The molecule has 1 amide bonds. The van der Waals surface area contributed by atoms with Gasteiger partial charge in [-0.15, -0.1) is 0 Å². The zero-order chi connectivity index (χ0) is 21.1. The van der Waals surface area contributed by atoms with Crippen LogP contribution in [0.25, 0.3) is 10.9 Å². The summed E-state index contributed by atoms with van der Waals surface area (Å²) in [5, 5.41) is 4.35. The Morgan fingerprint density at radius 1 is 1.10 bits per heavy atom. The van der Waals surface area contributed by atoms with Crippen LogP contribution < -0.4 is 5.32 Å². The van der Waals surface area contributed by atoms with E-state index in [4.69, 9.17) is 0 Å². The highest BCUT2D eigenvalue weighted by Crippen LogP contribution is 2.22. The molecule has 0 spiro atoms. The monoisotopic (exact) mass is 425 g/mol. The van der Waals surface area contributed by atoms with Gasteiger partial charge in [-0.05, 0) is 31.0 Å². The van der Waals surface area contributed by atoms with Gasteiger partial charge >= 0.3 is 0 Å². The number of nitrogens with zero attached hydrogens (tertiary/aromatic N) is 1. The van der Waals surface area contributed by atoms with Crippen LogP contribution >= 0.6 is 0 Å². The van der Waals surface area contributed by atoms with E-state index < -0.39 is 9.84 Å². The van der Waals surface area contributed by atoms with Crippen LogP contribution in [0.2, 0.25) is 0 Å². The largest absolute Gasteiger partial charge is 0.351 e. The molecule has 0 aliphatic carbocycles. The molecule has 7 heteroatoms. The summed E-state index contributed by atoms with van der Waals surface area (Å²) in [6.45, 7) is 2.96. The first-order chi connectivity index (χ1) is 14.4. The molecular formula is C23H27N3O3S. The average Bonchev–Trinajstić information content (AvgIpc) is 3.17. The summed E-state index contributed by atoms with van der Waals surface area (Å²) in [6, 6.07) is 19.0. The second-order valence-electron chi connectivity index (χ2n) is 7.89. The molecule has 6 nitrogen and oxygen atoms in total. The molecule has 0 radical (unpaired) electrons. The highest BCUT2D eigenvalue weighted by atomic mass is 32.2. The predicted molar refractivity (Wildman–Crippen MR) is 119 cm³/mol. The van der Waals surface area contributed by atoms with Gasteiger partial charge in [0.25, 0.3) is 5.91 Å². The normalized spacial score (nSPS) is 20.8. The number of aromatic nitrogens is 1. The molecule has 1 saturated heterocycles. The maximum atomic E-state index is 13.2. The molecule has 1 aromatic heterocycles. The highest BCUT2D eigenvalue weighted by molar-refractivity contribution is 7.91. The molecule has 2 N–H and O–H groups in total. The second kappa shape index (κ2) is 8.62. The number of H-pyrrole nitrogens is 1. The molecule has 1 fully saturated rings. The smallest absolute Gasteiger partial charge is 0.270 e. The van der Waals surface area contributed by atoms with E-state index in [1.165, 1.54) is 0 Å². The van der Waals surface area contributed by atoms with E-state index in [1.54, 1.807) is 4.90 Å². The lowest BCUT2D eigenvalue weighted by molar-refractivity contribution is 0.0682. The minimum atomic E-state index is -3.25. The van der Waals surface area contributed by atoms with Crippen LogP contribution in [0.4, 0.5) is 0 Å². The fourth-order valence-corrected chi connectivity index (χ4v) is 6.17. The molecule has 4 rings (SSSR count). The van der Waals surface area contributed by atoms with Gasteiger partial charge in [0.1, 0.15) is 5.69 Å². The molecular weight excluding hydrogens is 398 g/mol. The summed E-state index contributed by atoms with van der Waals surface area (Å²) in [6.07, 6.45) is 0.617. The van der Waals surface area contributed by atoms with Gasteiger partial charge in [0.05, 0.1) is 11.5 Å². The number of aromatic amines is 1. The van der Waals surface area contributed by atoms with E-state index in [0.29, 0.717) is 25.2 Å². The lowest BCUT2D eigenvalue weighted by atomic mass is 10.1. The third-order valence-corrected chi connectivity index (χ3v) is 7.50. The Kier molecular flexibility index (Phi) is 5.92. The molecule has 0 bridgehead atoms. The Balaban J connectivity index is 1.51. The van der Waals surface area contributed by atoms with Crippen molar-refractivity contribution in [1.82, 2.24) is 15.2 Å². The number of carbonyl (C=O) groups excluding carboxylic acids is 1. The van der Waals surface area contributed by atoms with Gasteiger partial charge in [-0.3, -0.25) is 4.79 Å². The van der Waals surface area contributed by atoms with E-state index in [-0.39, 0.29) is 29.5 Å². The van der Waals surface area contributed by atoms with Crippen molar-refractivity contribution >= 4 is 26.6 Å².